The highest BCUT2D eigenvalue weighted by Crippen LogP contribution is 2.20. The Labute approximate surface area is 116 Å². The molecule has 4 nitrogen and oxygen atoms in total. The zero-order valence-electron chi connectivity index (χ0n) is 12.2. The molecule has 1 saturated heterocycles. The van der Waals surface area contributed by atoms with Crippen LogP contribution in [0.15, 0.2) is 18.5 Å². The van der Waals surface area contributed by atoms with Gasteiger partial charge in [-0.05, 0) is 44.6 Å². The normalized spacial score (nSPS) is 17.5. The Balaban J connectivity index is 2.05. The molecule has 106 valence electrons. The number of pyridine rings is 1. The number of hydrogen-bond donors (Lipinski definition) is 1. The molecule has 1 aliphatic heterocycles. The molecule has 0 atom stereocenters. The molecular weight excluding hydrogens is 236 g/mol. The van der Waals surface area contributed by atoms with Gasteiger partial charge in [-0.3, -0.25) is 4.98 Å². The van der Waals surface area contributed by atoms with E-state index in [9.17, 15) is 0 Å². The Bertz CT molecular complexity index is 380. The molecule has 1 aromatic rings. The van der Waals surface area contributed by atoms with Crippen molar-refractivity contribution in [1.29, 1.82) is 0 Å². The zero-order chi connectivity index (χ0) is 13.5. The molecule has 2 heterocycles. The fourth-order valence-corrected chi connectivity index (χ4v) is 2.54. The van der Waals surface area contributed by atoms with E-state index in [0.29, 0.717) is 0 Å². The van der Waals surface area contributed by atoms with Crippen LogP contribution in [-0.4, -0.2) is 49.7 Å². The second kappa shape index (κ2) is 7.46. The maximum absolute atomic E-state index is 4.32. The minimum atomic E-state index is 0.942. The first-order valence-corrected chi connectivity index (χ1v) is 7.38. The first-order chi connectivity index (χ1) is 9.31. The van der Waals surface area contributed by atoms with Gasteiger partial charge in [-0.15, -0.1) is 0 Å². The molecule has 4 heteroatoms. The molecule has 0 aliphatic carbocycles. The molecule has 1 aliphatic rings. The van der Waals surface area contributed by atoms with Crippen LogP contribution in [-0.2, 0) is 6.54 Å². The van der Waals surface area contributed by atoms with Crippen molar-refractivity contribution >= 4 is 5.69 Å². The van der Waals surface area contributed by atoms with Crippen molar-refractivity contribution in [3.05, 3.63) is 24.0 Å². The molecule has 0 saturated carbocycles. The fraction of sp³-hybridized carbons (Fsp3) is 0.667. The first-order valence-electron chi connectivity index (χ1n) is 7.38. The van der Waals surface area contributed by atoms with Crippen molar-refractivity contribution in [2.75, 3.05) is 44.7 Å². The molecule has 0 unspecified atom stereocenters. The zero-order valence-corrected chi connectivity index (χ0v) is 12.2. The summed E-state index contributed by atoms with van der Waals surface area (Å²) in [6.45, 7) is 8.78. The Morgan fingerprint density at radius 1 is 1.26 bits per heavy atom. The predicted octanol–water partition coefficient (Wildman–Crippen LogP) is 1.72. The first kappa shape index (κ1) is 14.3. The van der Waals surface area contributed by atoms with Crippen LogP contribution in [0, 0.1) is 0 Å². The van der Waals surface area contributed by atoms with E-state index < -0.39 is 0 Å². The molecule has 0 amide bonds. The fourth-order valence-electron chi connectivity index (χ4n) is 2.54. The lowest BCUT2D eigenvalue weighted by molar-refractivity contribution is 0.360. The number of aromatic nitrogens is 1. The lowest BCUT2D eigenvalue weighted by Crippen LogP contribution is -2.30. The molecule has 0 radical (unpaired) electrons. The molecule has 1 N–H and O–H groups in total. The van der Waals surface area contributed by atoms with Gasteiger partial charge in [0.1, 0.15) is 0 Å². The minimum absolute atomic E-state index is 0.942. The standard InChI is InChI=1S/C15H26N4/c1-3-6-16-12-14-5-7-17-13-15(14)19-9-4-8-18(2)10-11-19/h5,7,13,16H,3-4,6,8-12H2,1-2H3. The van der Waals surface area contributed by atoms with Crippen LogP contribution in [0.25, 0.3) is 0 Å². The van der Waals surface area contributed by atoms with Crippen LogP contribution >= 0.6 is 0 Å². The summed E-state index contributed by atoms with van der Waals surface area (Å²) in [4.78, 5) is 9.21. The third kappa shape index (κ3) is 4.18. The van der Waals surface area contributed by atoms with Crippen molar-refractivity contribution in [1.82, 2.24) is 15.2 Å². The predicted molar refractivity (Wildman–Crippen MR) is 80.6 cm³/mol. The van der Waals surface area contributed by atoms with Gasteiger partial charge in [0.25, 0.3) is 0 Å². The van der Waals surface area contributed by atoms with Gasteiger partial charge in [0.05, 0.1) is 11.9 Å². The molecule has 19 heavy (non-hydrogen) atoms. The van der Waals surface area contributed by atoms with Crippen LogP contribution in [0.5, 0.6) is 0 Å². The smallest absolute Gasteiger partial charge is 0.0598 e. The van der Waals surface area contributed by atoms with E-state index >= 15 is 0 Å². The maximum atomic E-state index is 4.32. The average Bonchev–Trinajstić information content (AvgIpc) is 2.64. The van der Waals surface area contributed by atoms with Crippen molar-refractivity contribution in [2.24, 2.45) is 0 Å². The van der Waals surface area contributed by atoms with Gasteiger partial charge in [0.2, 0.25) is 0 Å². The summed E-state index contributed by atoms with van der Waals surface area (Å²) >= 11 is 0. The number of rotatable bonds is 5. The van der Waals surface area contributed by atoms with Crippen LogP contribution in [0.4, 0.5) is 5.69 Å². The summed E-state index contributed by atoms with van der Waals surface area (Å²) in [5, 5.41) is 3.49. The van der Waals surface area contributed by atoms with E-state index in [0.717, 1.165) is 32.7 Å². The molecule has 0 bridgehead atoms. The summed E-state index contributed by atoms with van der Waals surface area (Å²) in [7, 11) is 2.20. The Morgan fingerprint density at radius 2 is 2.16 bits per heavy atom. The SMILES string of the molecule is CCCNCc1ccncc1N1CCCN(C)CC1. The summed E-state index contributed by atoms with van der Waals surface area (Å²) in [5.41, 5.74) is 2.68. The Morgan fingerprint density at radius 3 is 3.00 bits per heavy atom. The second-order valence-electron chi connectivity index (χ2n) is 5.33. The Hall–Kier alpha value is -1.13. The van der Waals surface area contributed by atoms with E-state index in [4.69, 9.17) is 0 Å². The van der Waals surface area contributed by atoms with E-state index in [1.54, 1.807) is 0 Å². The van der Waals surface area contributed by atoms with Crippen molar-refractivity contribution in [2.45, 2.75) is 26.3 Å². The monoisotopic (exact) mass is 262 g/mol. The summed E-state index contributed by atoms with van der Waals surface area (Å²) in [5.74, 6) is 0. The Kier molecular flexibility index (Phi) is 5.61. The van der Waals surface area contributed by atoms with Crippen molar-refractivity contribution in [3.63, 3.8) is 0 Å². The highest BCUT2D eigenvalue weighted by atomic mass is 15.2. The minimum Gasteiger partial charge on any atom is -0.369 e. The summed E-state index contributed by atoms with van der Waals surface area (Å²) < 4.78 is 0. The van der Waals surface area contributed by atoms with Gasteiger partial charge >= 0.3 is 0 Å². The lowest BCUT2D eigenvalue weighted by atomic mass is 10.2. The molecule has 1 aromatic heterocycles. The van der Waals surface area contributed by atoms with Crippen molar-refractivity contribution in [3.8, 4) is 0 Å². The average molecular weight is 262 g/mol. The number of likely N-dealkylation sites (N-methyl/N-ethyl adjacent to an activating group) is 1. The quantitative estimate of drug-likeness (QED) is 0.819. The van der Waals surface area contributed by atoms with Crippen LogP contribution in [0.3, 0.4) is 0 Å². The number of anilines is 1. The molecular formula is C15H26N4. The third-order valence-electron chi connectivity index (χ3n) is 3.69. The maximum Gasteiger partial charge on any atom is 0.0598 e. The lowest BCUT2D eigenvalue weighted by Gasteiger charge is -2.25. The van der Waals surface area contributed by atoms with Crippen LogP contribution in [0.2, 0.25) is 0 Å². The molecule has 1 fully saturated rings. The van der Waals surface area contributed by atoms with Crippen molar-refractivity contribution < 1.29 is 0 Å². The van der Waals surface area contributed by atoms with E-state index in [-0.39, 0.29) is 0 Å². The van der Waals surface area contributed by atoms with Gasteiger partial charge in [-0.1, -0.05) is 6.92 Å². The summed E-state index contributed by atoms with van der Waals surface area (Å²) in [6.07, 6.45) is 6.33. The molecule has 2 rings (SSSR count). The van der Waals surface area contributed by atoms with E-state index in [1.807, 2.05) is 12.4 Å². The highest BCUT2D eigenvalue weighted by molar-refractivity contribution is 5.51. The number of nitrogens with zero attached hydrogens (tertiary/aromatic N) is 3. The highest BCUT2D eigenvalue weighted by Gasteiger charge is 2.15. The van der Waals surface area contributed by atoms with Gasteiger partial charge in [-0.25, -0.2) is 0 Å². The largest absolute Gasteiger partial charge is 0.369 e. The number of nitrogens with one attached hydrogen (secondary N) is 1. The summed E-state index contributed by atoms with van der Waals surface area (Å²) in [6, 6.07) is 2.15. The van der Waals surface area contributed by atoms with Crippen LogP contribution < -0.4 is 10.2 Å². The molecule has 0 spiro atoms. The van der Waals surface area contributed by atoms with Gasteiger partial charge < -0.3 is 15.1 Å². The van der Waals surface area contributed by atoms with Gasteiger partial charge in [0.15, 0.2) is 0 Å². The van der Waals surface area contributed by atoms with Gasteiger partial charge in [0, 0.05) is 32.4 Å². The van der Waals surface area contributed by atoms with E-state index in [1.165, 1.54) is 30.6 Å². The number of hydrogen-bond acceptors (Lipinski definition) is 4. The third-order valence-corrected chi connectivity index (χ3v) is 3.69. The van der Waals surface area contributed by atoms with Crippen LogP contribution in [0.1, 0.15) is 25.3 Å². The van der Waals surface area contributed by atoms with E-state index in [2.05, 4.69) is 40.1 Å². The topological polar surface area (TPSA) is 31.4 Å². The molecule has 0 aromatic carbocycles. The second-order valence-corrected chi connectivity index (χ2v) is 5.33. The van der Waals surface area contributed by atoms with Gasteiger partial charge in [-0.2, -0.15) is 0 Å².